The van der Waals surface area contributed by atoms with Crippen LogP contribution in [-0.2, 0) is 22.4 Å². The lowest BCUT2D eigenvalue weighted by atomic mass is 9.96. The summed E-state index contributed by atoms with van der Waals surface area (Å²) >= 11 is 1.41. The van der Waals surface area contributed by atoms with Crippen molar-refractivity contribution in [3.8, 4) is 0 Å². The van der Waals surface area contributed by atoms with E-state index in [1.54, 1.807) is 0 Å². The lowest BCUT2D eigenvalue weighted by Crippen LogP contribution is -2.40. The van der Waals surface area contributed by atoms with E-state index >= 15 is 0 Å². The quantitative estimate of drug-likeness (QED) is 0.767. The Morgan fingerprint density at radius 1 is 1.21 bits per heavy atom. The number of ether oxygens (including phenoxy) is 1. The van der Waals surface area contributed by atoms with Gasteiger partial charge in [-0.3, -0.25) is 9.59 Å². The normalized spacial score (nSPS) is 18.2. The lowest BCUT2D eigenvalue weighted by molar-refractivity contribution is -0.149. The van der Waals surface area contributed by atoms with Crippen molar-refractivity contribution in [1.29, 1.82) is 0 Å². The molecule has 0 bridgehead atoms. The van der Waals surface area contributed by atoms with Gasteiger partial charge in [0.1, 0.15) is 9.71 Å². The van der Waals surface area contributed by atoms with E-state index in [9.17, 15) is 9.59 Å². The number of anilines is 1. The largest absolute Gasteiger partial charge is 0.466 e. The van der Waals surface area contributed by atoms with Gasteiger partial charge in [0.2, 0.25) is 0 Å². The fraction of sp³-hybridized carbons (Fsp3) is 0.591. The predicted octanol–water partition coefficient (Wildman–Crippen LogP) is 3.95. The van der Waals surface area contributed by atoms with Gasteiger partial charge >= 0.3 is 5.97 Å². The van der Waals surface area contributed by atoms with Crippen molar-refractivity contribution < 1.29 is 14.3 Å². The minimum absolute atomic E-state index is 0.0415. The van der Waals surface area contributed by atoms with Gasteiger partial charge in [0.15, 0.2) is 0 Å². The molecular formula is C22H29N3O3S. The van der Waals surface area contributed by atoms with Crippen molar-refractivity contribution in [2.45, 2.75) is 58.3 Å². The van der Waals surface area contributed by atoms with E-state index in [1.165, 1.54) is 48.3 Å². The van der Waals surface area contributed by atoms with Crippen LogP contribution in [-0.4, -0.2) is 41.5 Å². The molecule has 3 heterocycles. The number of esters is 1. The zero-order valence-corrected chi connectivity index (χ0v) is 17.9. The molecule has 2 N–H and O–H groups in total. The first-order chi connectivity index (χ1) is 14.1. The van der Waals surface area contributed by atoms with Gasteiger partial charge in [0, 0.05) is 24.2 Å². The van der Waals surface area contributed by atoms with Gasteiger partial charge in [0.05, 0.1) is 18.2 Å². The number of nitrogen functional groups attached to an aromatic ring is 1. The summed E-state index contributed by atoms with van der Waals surface area (Å²) in [7, 11) is 0. The van der Waals surface area contributed by atoms with Crippen molar-refractivity contribution >= 4 is 39.1 Å². The maximum atomic E-state index is 13.1. The van der Waals surface area contributed by atoms with Gasteiger partial charge in [-0.15, -0.1) is 11.3 Å². The van der Waals surface area contributed by atoms with E-state index in [0.717, 1.165) is 23.1 Å². The number of rotatable bonds is 3. The molecule has 0 saturated carbocycles. The Morgan fingerprint density at radius 2 is 1.93 bits per heavy atom. The van der Waals surface area contributed by atoms with E-state index in [2.05, 4.69) is 6.07 Å². The van der Waals surface area contributed by atoms with Crippen LogP contribution in [0, 0.1) is 5.92 Å². The number of nitrogens with two attached hydrogens (primary N) is 1. The summed E-state index contributed by atoms with van der Waals surface area (Å²) in [6.45, 7) is 3.32. The van der Waals surface area contributed by atoms with Crippen LogP contribution in [0.5, 0.6) is 0 Å². The van der Waals surface area contributed by atoms with Gasteiger partial charge in [-0.1, -0.05) is 12.8 Å². The summed E-state index contributed by atoms with van der Waals surface area (Å²) in [6, 6.07) is 2.17. The van der Waals surface area contributed by atoms with Crippen molar-refractivity contribution in [2.24, 2.45) is 5.92 Å². The molecule has 2 aliphatic rings. The van der Waals surface area contributed by atoms with Crippen molar-refractivity contribution in [3.63, 3.8) is 0 Å². The number of hydrogen-bond acceptors (Lipinski definition) is 6. The molecule has 0 spiro atoms. The number of likely N-dealkylation sites (tertiary alicyclic amines) is 1. The second kappa shape index (κ2) is 8.69. The smallest absolute Gasteiger partial charge is 0.309 e. The topological polar surface area (TPSA) is 85.5 Å². The Hall–Kier alpha value is -2.15. The SMILES string of the molecule is CCOC(=O)C1CCN(C(=O)c2sc3nc4c(cc3c2N)CCCCCC4)CC1. The van der Waals surface area contributed by atoms with Crippen LogP contribution in [0.1, 0.15) is 66.4 Å². The predicted molar refractivity (Wildman–Crippen MR) is 115 cm³/mol. The number of nitrogens with zero attached hydrogens (tertiary/aromatic N) is 2. The summed E-state index contributed by atoms with van der Waals surface area (Å²) in [4.78, 5) is 33.2. The monoisotopic (exact) mass is 415 g/mol. The Labute approximate surface area is 175 Å². The Balaban J connectivity index is 1.54. The molecule has 2 aromatic heterocycles. The molecule has 1 saturated heterocycles. The molecule has 0 unspecified atom stereocenters. The summed E-state index contributed by atoms with van der Waals surface area (Å²) in [5.41, 5.74) is 9.43. The summed E-state index contributed by atoms with van der Waals surface area (Å²) in [5, 5.41) is 0.916. The third-order valence-electron chi connectivity index (χ3n) is 6.10. The van der Waals surface area contributed by atoms with Gasteiger partial charge in [-0.05, 0) is 57.1 Å². The highest BCUT2D eigenvalue weighted by molar-refractivity contribution is 7.21. The maximum Gasteiger partial charge on any atom is 0.309 e. The third kappa shape index (κ3) is 4.10. The average molecular weight is 416 g/mol. The zero-order valence-electron chi connectivity index (χ0n) is 17.0. The van der Waals surface area contributed by atoms with Gasteiger partial charge < -0.3 is 15.4 Å². The van der Waals surface area contributed by atoms with Crippen LogP contribution in [0.25, 0.3) is 10.2 Å². The molecule has 4 rings (SSSR count). The molecule has 1 amide bonds. The molecule has 29 heavy (non-hydrogen) atoms. The highest BCUT2D eigenvalue weighted by Gasteiger charge is 2.30. The summed E-state index contributed by atoms with van der Waals surface area (Å²) < 4.78 is 5.12. The van der Waals surface area contributed by atoms with Gasteiger partial charge in [0.25, 0.3) is 5.91 Å². The van der Waals surface area contributed by atoms with Crippen molar-refractivity contribution in [2.75, 3.05) is 25.4 Å². The zero-order chi connectivity index (χ0) is 20.4. The van der Waals surface area contributed by atoms with E-state index in [-0.39, 0.29) is 17.8 Å². The van der Waals surface area contributed by atoms with Crippen LogP contribution in [0.15, 0.2) is 6.07 Å². The molecule has 156 valence electrons. The number of carbonyl (C=O) groups is 2. The maximum absolute atomic E-state index is 13.1. The second-order valence-electron chi connectivity index (χ2n) is 8.02. The van der Waals surface area contributed by atoms with E-state index in [0.29, 0.717) is 43.1 Å². The highest BCUT2D eigenvalue weighted by atomic mass is 32.1. The first kappa shape index (κ1) is 20.1. The van der Waals surface area contributed by atoms with Gasteiger partial charge in [-0.2, -0.15) is 0 Å². The van der Waals surface area contributed by atoms with E-state index in [4.69, 9.17) is 15.5 Å². The first-order valence-electron chi connectivity index (χ1n) is 10.7. The van der Waals surface area contributed by atoms with Crippen LogP contribution >= 0.6 is 11.3 Å². The Bertz CT molecular complexity index is 916. The Morgan fingerprint density at radius 3 is 2.66 bits per heavy atom. The van der Waals surface area contributed by atoms with Crippen LogP contribution in [0.2, 0.25) is 0 Å². The third-order valence-corrected chi connectivity index (χ3v) is 7.20. The molecule has 1 aliphatic carbocycles. The minimum Gasteiger partial charge on any atom is -0.466 e. The highest BCUT2D eigenvalue weighted by Crippen LogP contribution is 2.36. The number of pyridine rings is 1. The number of aromatic nitrogens is 1. The molecule has 0 atom stereocenters. The number of carbonyl (C=O) groups excluding carboxylic acids is 2. The number of aryl methyl sites for hydroxylation is 2. The summed E-state index contributed by atoms with van der Waals surface area (Å²) in [6.07, 6.45) is 8.22. The molecule has 0 aromatic carbocycles. The molecule has 6 nitrogen and oxygen atoms in total. The fourth-order valence-corrected chi connectivity index (χ4v) is 5.46. The van der Waals surface area contributed by atoms with Crippen molar-refractivity contribution in [3.05, 3.63) is 22.2 Å². The number of amides is 1. The fourth-order valence-electron chi connectivity index (χ4n) is 4.39. The second-order valence-corrected chi connectivity index (χ2v) is 9.02. The van der Waals surface area contributed by atoms with Crippen LogP contribution < -0.4 is 5.73 Å². The minimum atomic E-state index is -0.150. The van der Waals surface area contributed by atoms with Crippen LogP contribution in [0.3, 0.4) is 0 Å². The van der Waals surface area contributed by atoms with E-state index in [1.807, 2.05) is 11.8 Å². The number of piperidine rings is 1. The number of fused-ring (bicyclic) bond motifs is 2. The molecule has 1 aliphatic heterocycles. The molecule has 2 aromatic rings. The number of thiophene rings is 1. The molecule has 0 radical (unpaired) electrons. The molecule has 7 heteroatoms. The standard InChI is InChI=1S/C22H29N3O3S/c1-2-28-22(27)14-9-11-25(12-10-14)21(26)19-18(23)16-13-15-7-5-3-4-6-8-17(15)24-20(16)29-19/h13-14H,2-12,23H2,1H3. The van der Waals surface area contributed by atoms with Crippen molar-refractivity contribution in [1.82, 2.24) is 9.88 Å². The lowest BCUT2D eigenvalue weighted by Gasteiger charge is -2.30. The average Bonchev–Trinajstić information content (AvgIpc) is 3.03. The molecular weight excluding hydrogens is 386 g/mol. The molecule has 1 fully saturated rings. The van der Waals surface area contributed by atoms with E-state index < -0.39 is 0 Å². The van der Waals surface area contributed by atoms with Crippen LogP contribution in [0.4, 0.5) is 5.69 Å². The Kier molecular flexibility index (Phi) is 6.04. The first-order valence-corrected chi connectivity index (χ1v) is 11.6. The number of hydrogen-bond donors (Lipinski definition) is 1. The summed E-state index contributed by atoms with van der Waals surface area (Å²) in [5.74, 6) is -0.303. The van der Waals surface area contributed by atoms with Gasteiger partial charge in [-0.25, -0.2) is 4.98 Å².